The first-order valence-electron chi connectivity index (χ1n) is 7.29. The Morgan fingerprint density at radius 1 is 1.45 bits per heavy atom. The first-order chi connectivity index (χ1) is 9.54. The molecule has 1 aromatic carbocycles. The van der Waals surface area contributed by atoms with Crippen LogP contribution in [0.15, 0.2) is 12.1 Å². The lowest BCUT2D eigenvalue weighted by atomic mass is 9.92. The van der Waals surface area contributed by atoms with Gasteiger partial charge in [0.1, 0.15) is 11.9 Å². The zero-order chi connectivity index (χ0) is 14.3. The molecular formula is C16H21NO3. The number of aliphatic carboxylic acids is 1. The fourth-order valence-electron chi connectivity index (χ4n) is 3.48. The van der Waals surface area contributed by atoms with E-state index in [-0.39, 0.29) is 18.4 Å². The van der Waals surface area contributed by atoms with Crippen LogP contribution in [0.5, 0.6) is 5.75 Å². The average molecular weight is 275 g/mol. The number of ether oxygens (including phenoxy) is 1. The molecule has 2 atom stereocenters. The highest BCUT2D eigenvalue weighted by Gasteiger charge is 2.29. The van der Waals surface area contributed by atoms with Crippen LogP contribution in [0.25, 0.3) is 0 Å². The van der Waals surface area contributed by atoms with E-state index in [4.69, 9.17) is 9.84 Å². The number of benzene rings is 1. The van der Waals surface area contributed by atoms with Crippen molar-refractivity contribution in [1.29, 1.82) is 0 Å². The summed E-state index contributed by atoms with van der Waals surface area (Å²) in [5.41, 5.74) is 3.85. The van der Waals surface area contributed by atoms with Crippen molar-refractivity contribution in [1.82, 2.24) is 0 Å². The quantitative estimate of drug-likeness (QED) is 0.901. The Labute approximate surface area is 119 Å². The molecule has 4 heteroatoms. The topological polar surface area (TPSA) is 49.8 Å². The second-order valence-corrected chi connectivity index (χ2v) is 6.06. The smallest absolute Gasteiger partial charge is 0.303 e. The van der Waals surface area contributed by atoms with E-state index in [1.165, 1.54) is 16.8 Å². The van der Waals surface area contributed by atoms with Crippen LogP contribution in [0.3, 0.4) is 0 Å². The van der Waals surface area contributed by atoms with Crippen LogP contribution in [-0.4, -0.2) is 30.8 Å². The standard InChI is InChI=1S/C16H21NO3/c1-10-7-13-14(20-10)4-3-12-8-11(9-15(18)19)5-6-17(2)16(12)13/h3-4,10-11H,5-9H2,1-2H3,(H,18,19). The molecule has 0 bridgehead atoms. The number of carboxylic acid groups (broad SMARTS) is 1. The summed E-state index contributed by atoms with van der Waals surface area (Å²) in [7, 11) is 2.10. The van der Waals surface area contributed by atoms with Crippen LogP contribution < -0.4 is 9.64 Å². The van der Waals surface area contributed by atoms with Gasteiger partial charge in [-0.2, -0.15) is 0 Å². The highest BCUT2D eigenvalue weighted by atomic mass is 16.5. The van der Waals surface area contributed by atoms with Gasteiger partial charge in [-0.1, -0.05) is 6.07 Å². The minimum atomic E-state index is -0.695. The van der Waals surface area contributed by atoms with Crippen LogP contribution in [0, 0.1) is 5.92 Å². The summed E-state index contributed by atoms with van der Waals surface area (Å²) in [6.45, 7) is 3.01. The Hall–Kier alpha value is -1.71. The molecule has 2 aliphatic heterocycles. The van der Waals surface area contributed by atoms with Crippen molar-refractivity contribution in [2.75, 3.05) is 18.5 Å². The van der Waals surface area contributed by atoms with Gasteiger partial charge in [-0.3, -0.25) is 4.79 Å². The summed E-state index contributed by atoms with van der Waals surface area (Å²) in [4.78, 5) is 13.2. The van der Waals surface area contributed by atoms with Crippen molar-refractivity contribution >= 4 is 11.7 Å². The molecule has 0 spiro atoms. The third-order valence-corrected chi connectivity index (χ3v) is 4.37. The summed E-state index contributed by atoms with van der Waals surface area (Å²) < 4.78 is 5.83. The first kappa shape index (κ1) is 13.3. The molecule has 0 saturated carbocycles. The van der Waals surface area contributed by atoms with Crippen molar-refractivity contribution in [2.45, 2.75) is 38.7 Å². The summed E-state index contributed by atoms with van der Waals surface area (Å²) in [6.07, 6.45) is 3.24. The zero-order valence-corrected chi connectivity index (χ0v) is 12.1. The number of nitrogens with zero attached hydrogens (tertiary/aromatic N) is 1. The molecule has 108 valence electrons. The Balaban J connectivity index is 1.96. The zero-order valence-electron chi connectivity index (χ0n) is 12.1. The summed E-state index contributed by atoms with van der Waals surface area (Å²) in [5, 5.41) is 9.03. The van der Waals surface area contributed by atoms with Gasteiger partial charge in [0, 0.05) is 37.7 Å². The number of carbonyl (C=O) groups is 1. The van der Waals surface area contributed by atoms with Crippen molar-refractivity contribution < 1.29 is 14.6 Å². The van der Waals surface area contributed by atoms with E-state index in [9.17, 15) is 4.79 Å². The second-order valence-electron chi connectivity index (χ2n) is 6.06. The van der Waals surface area contributed by atoms with Crippen LogP contribution in [0.2, 0.25) is 0 Å². The van der Waals surface area contributed by atoms with Gasteiger partial charge >= 0.3 is 5.97 Å². The summed E-state index contributed by atoms with van der Waals surface area (Å²) >= 11 is 0. The third kappa shape index (κ3) is 2.35. The predicted octanol–water partition coefficient (Wildman–Crippen LogP) is 2.48. The van der Waals surface area contributed by atoms with E-state index >= 15 is 0 Å². The fraction of sp³-hybridized carbons (Fsp3) is 0.562. The van der Waals surface area contributed by atoms with E-state index in [1.807, 2.05) is 0 Å². The minimum Gasteiger partial charge on any atom is -0.490 e. The molecule has 3 rings (SSSR count). The minimum absolute atomic E-state index is 0.231. The normalized spacial score (nSPS) is 24.6. The van der Waals surface area contributed by atoms with E-state index in [1.54, 1.807) is 0 Å². The molecular weight excluding hydrogens is 254 g/mol. The average Bonchev–Trinajstić information content (AvgIpc) is 2.67. The maximum atomic E-state index is 11.0. The van der Waals surface area contributed by atoms with Gasteiger partial charge in [-0.25, -0.2) is 0 Å². The third-order valence-electron chi connectivity index (χ3n) is 4.37. The van der Waals surface area contributed by atoms with Crippen LogP contribution in [0.1, 0.15) is 30.9 Å². The fourth-order valence-corrected chi connectivity index (χ4v) is 3.48. The number of fused-ring (bicyclic) bond motifs is 3. The molecule has 4 nitrogen and oxygen atoms in total. The molecule has 1 aromatic rings. The van der Waals surface area contributed by atoms with Gasteiger partial charge in [-0.15, -0.1) is 0 Å². The largest absolute Gasteiger partial charge is 0.490 e. The first-order valence-corrected chi connectivity index (χ1v) is 7.29. The Kier molecular flexibility index (Phi) is 3.32. The molecule has 0 aromatic heterocycles. The maximum Gasteiger partial charge on any atom is 0.303 e. The van der Waals surface area contributed by atoms with E-state index in [0.29, 0.717) is 0 Å². The van der Waals surface area contributed by atoms with Gasteiger partial charge in [0.2, 0.25) is 0 Å². The molecule has 1 N–H and O–H groups in total. The number of carboxylic acids is 1. The van der Waals surface area contributed by atoms with Crippen molar-refractivity contribution in [3.63, 3.8) is 0 Å². The van der Waals surface area contributed by atoms with E-state index < -0.39 is 5.97 Å². The van der Waals surface area contributed by atoms with Crippen LogP contribution in [-0.2, 0) is 17.6 Å². The van der Waals surface area contributed by atoms with Gasteiger partial charge in [0.15, 0.2) is 0 Å². The summed E-state index contributed by atoms with van der Waals surface area (Å²) in [6, 6.07) is 4.16. The molecule has 2 aliphatic rings. The Morgan fingerprint density at radius 3 is 3.00 bits per heavy atom. The molecule has 0 fully saturated rings. The van der Waals surface area contributed by atoms with Gasteiger partial charge in [0.05, 0.1) is 0 Å². The molecule has 20 heavy (non-hydrogen) atoms. The SMILES string of the molecule is CC1Cc2c(ccc3c2N(C)CCC(CC(=O)O)C3)O1. The van der Waals surface area contributed by atoms with Crippen molar-refractivity contribution in [3.8, 4) is 5.75 Å². The number of hydrogen-bond donors (Lipinski definition) is 1. The summed E-state index contributed by atoms with van der Waals surface area (Å²) in [5.74, 6) is 0.535. The molecule has 0 aliphatic carbocycles. The number of rotatable bonds is 2. The van der Waals surface area contributed by atoms with Gasteiger partial charge in [-0.05, 0) is 37.3 Å². The Morgan fingerprint density at radius 2 is 2.25 bits per heavy atom. The molecule has 0 radical (unpaired) electrons. The lowest BCUT2D eigenvalue weighted by Gasteiger charge is -2.22. The number of hydrogen-bond acceptors (Lipinski definition) is 3. The van der Waals surface area contributed by atoms with Gasteiger partial charge in [0.25, 0.3) is 0 Å². The molecule has 0 saturated heterocycles. The monoisotopic (exact) mass is 275 g/mol. The molecule has 0 amide bonds. The second kappa shape index (κ2) is 5.00. The molecule has 2 unspecified atom stereocenters. The lowest BCUT2D eigenvalue weighted by molar-refractivity contribution is -0.138. The predicted molar refractivity (Wildman–Crippen MR) is 77.6 cm³/mol. The lowest BCUT2D eigenvalue weighted by Crippen LogP contribution is -2.20. The molecule has 2 heterocycles. The van der Waals surface area contributed by atoms with Crippen LogP contribution >= 0.6 is 0 Å². The van der Waals surface area contributed by atoms with Crippen molar-refractivity contribution in [2.24, 2.45) is 5.92 Å². The highest BCUT2D eigenvalue weighted by molar-refractivity contribution is 5.69. The van der Waals surface area contributed by atoms with E-state index in [2.05, 4.69) is 31.0 Å². The number of anilines is 1. The maximum absolute atomic E-state index is 11.0. The highest BCUT2D eigenvalue weighted by Crippen LogP contribution is 2.41. The van der Waals surface area contributed by atoms with Gasteiger partial charge < -0.3 is 14.7 Å². The van der Waals surface area contributed by atoms with Crippen LogP contribution in [0.4, 0.5) is 5.69 Å². The van der Waals surface area contributed by atoms with Crippen molar-refractivity contribution in [3.05, 3.63) is 23.3 Å². The Bertz CT molecular complexity index is 541. The van der Waals surface area contributed by atoms with E-state index in [0.717, 1.165) is 31.6 Å².